The van der Waals surface area contributed by atoms with Gasteiger partial charge in [-0.1, -0.05) is 13.0 Å². The summed E-state index contributed by atoms with van der Waals surface area (Å²) in [5.41, 5.74) is 2.77. The first-order valence-electron chi connectivity index (χ1n) is 7.66. The number of aromatic nitrogens is 1. The lowest BCUT2D eigenvalue weighted by Gasteiger charge is -2.02. The Morgan fingerprint density at radius 3 is 2.86 bits per heavy atom. The van der Waals surface area contributed by atoms with Crippen LogP contribution in [0.2, 0.25) is 0 Å². The van der Waals surface area contributed by atoms with Crippen LogP contribution in [0.25, 0.3) is 10.6 Å². The monoisotopic (exact) mass is 304 g/mol. The number of hydrogen-bond donors (Lipinski definition) is 1. The van der Waals surface area contributed by atoms with E-state index in [-0.39, 0.29) is 5.82 Å². The lowest BCUT2D eigenvalue weighted by molar-refractivity contribution is 0.630. The molecule has 0 amide bonds. The minimum absolute atomic E-state index is 0.167. The topological polar surface area (TPSA) is 24.9 Å². The summed E-state index contributed by atoms with van der Waals surface area (Å²) in [5, 5.41) is 4.26. The highest BCUT2D eigenvalue weighted by atomic mass is 32.1. The summed E-state index contributed by atoms with van der Waals surface area (Å²) in [4.78, 5) is 6.03. The Labute approximate surface area is 129 Å². The molecular formula is C17H21FN2S. The van der Waals surface area contributed by atoms with Crippen molar-refractivity contribution >= 4 is 11.3 Å². The number of nitrogens with zero attached hydrogens (tertiary/aromatic N) is 1. The molecule has 0 radical (unpaired) electrons. The maximum Gasteiger partial charge on any atom is 0.133 e. The lowest BCUT2D eigenvalue weighted by atomic mass is 10.1. The van der Waals surface area contributed by atoms with Crippen LogP contribution in [0.4, 0.5) is 4.39 Å². The highest BCUT2D eigenvalue weighted by Crippen LogP contribution is 2.44. The van der Waals surface area contributed by atoms with Crippen molar-refractivity contribution in [1.29, 1.82) is 0 Å². The van der Waals surface area contributed by atoms with E-state index in [1.54, 1.807) is 17.4 Å². The standard InChI is InChI=1S/C17H21FN2S/c1-3-8-19-10-15-16(12-5-6-12)20-17(21-15)13-7-4-11(2)9-14(13)18/h4,7,9,12,19H,3,5-6,8,10H2,1-2H3. The van der Waals surface area contributed by atoms with Crippen LogP contribution in [-0.2, 0) is 6.54 Å². The molecule has 1 aliphatic rings. The third-order valence-electron chi connectivity index (χ3n) is 3.76. The molecule has 2 nitrogen and oxygen atoms in total. The molecule has 1 heterocycles. The van der Waals surface area contributed by atoms with Crippen molar-refractivity contribution in [2.45, 2.75) is 45.6 Å². The molecule has 3 rings (SSSR count). The van der Waals surface area contributed by atoms with Gasteiger partial charge in [0.05, 0.1) is 5.69 Å². The fourth-order valence-corrected chi connectivity index (χ4v) is 3.60. The van der Waals surface area contributed by atoms with Crippen molar-refractivity contribution in [3.8, 4) is 10.6 Å². The van der Waals surface area contributed by atoms with Gasteiger partial charge in [0.15, 0.2) is 0 Å². The number of halogens is 1. The van der Waals surface area contributed by atoms with E-state index in [1.807, 2.05) is 19.1 Å². The first kappa shape index (κ1) is 14.7. The van der Waals surface area contributed by atoms with Crippen molar-refractivity contribution in [3.63, 3.8) is 0 Å². The summed E-state index contributed by atoms with van der Waals surface area (Å²) in [6, 6.07) is 5.39. The Morgan fingerprint density at radius 1 is 1.38 bits per heavy atom. The van der Waals surface area contributed by atoms with Crippen molar-refractivity contribution in [2.75, 3.05) is 6.54 Å². The van der Waals surface area contributed by atoms with Crippen LogP contribution in [-0.4, -0.2) is 11.5 Å². The van der Waals surface area contributed by atoms with Gasteiger partial charge in [-0.3, -0.25) is 0 Å². The van der Waals surface area contributed by atoms with Gasteiger partial charge in [-0.25, -0.2) is 9.37 Å². The van der Waals surface area contributed by atoms with Crippen LogP contribution in [0, 0.1) is 12.7 Å². The quantitative estimate of drug-likeness (QED) is 0.787. The average Bonchev–Trinajstić information content (AvgIpc) is 3.21. The Kier molecular flexibility index (Phi) is 4.36. The van der Waals surface area contributed by atoms with Gasteiger partial charge in [0, 0.05) is 22.9 Å². The van der Waals surface area contributed by atoms with E-state index in [0.29, 0.717) is 11.5 Å². The third-order valence-corrected chi connectivity index (χ3v) is 4.86. The molecule has 0 atom stereocenters. The van der Waals surface area contributed by atoms with Crippen molar-refractivity contribution in [1.82, 2.24) is 10.3 Å². The van der Waals surface area contributed by atoms with Crippen molar-refractivity contribution in [2.24, 2.45) is 0 Å². The highest BCUT2D eigenvalue weighted by molar-refractivity contribution is 7.15. The molecule has 21 heavy (non-hydrogen) atoms. The molecule has 0 bridgehead atoms. The molecule has 1 N–H and O–H groups in total. The van der Waals surface area contributed by atoms with Crippen LogP contribution < -0.4 is 5.32 Å². The van der Waals surface area contributed by atoms with Gasteiger partial charge in [-0.05, 0) is 50.4 Å². The fraction of sp³-hybridized carbons (Fsp3) is 0.471. The summed E-state index contributed by atoms with van der Waals surface area (Å²) in [6.45, 7) is 5.93. The van der Waals surface area contributed by atoms with E-state index in [9.17, 15) is 4.39 Å². The van der Waals surface area contributed by atoms with Gasteiger partial charge in [-0.2, -0.15) is 0 Å². The SMILES string of the molecule is CCCNCc1sc(-c2ccc(C)cc2F)nc1C1CC1. The largest absolute Gasteiger partial charge is 0.312 e. The van der Waals surface area contributed by atoms with Crippen LogP contribution in [0.15, 0.2) is 18.2 Å². The van der Waals surface area contributed by atoms with Crippen LogP contribution in [0.5, 0.6) is 0 Å². The predicted molar refractivity (Wildman–Crippen MR) is 86.2 cm³/mol. The number of benzene rings is 1. The van der Waals surface area contributed by atoms with Crippen LogP contribution >= 0.6 is 11.3 Å². The zero-order chi connectivity index (χ0) is 14.8. The Bertz CT molecular complexity index is 632. The molecule has 1 saturated carbocycles. The molecular weight excluding hydrogens is 283 g/mol. The van der Waals surface area contributed by atoms with Gasteiger partial charge in [0.25, 0.3) is 0 Å². The lowest BCUT2D eigenvalue weighted by Crippen LogP contribution is -2.13. The second-order valence-electron chi connectivity index (χ2n) is 5.76. The summed E-state index contributed by atoms with van der Waals surface area (Å²) in [6.07, 6.45) is 3.57. The predicted octanol–water partition coefficient (Wildman–Crippen LogP) is 4.63. The van der Waals surface area contributed by atoms with E-state index in [2.05, 4.69) is 12.2 Å². The van der Waals surface area contributed by atoms with E-state index in [0.717, 1.165) is 30.1 Å². The van der Waals surface area contributed by atoms with Gasteiger partial charge >= 0.3 is 0 Å². The first-order valence-corrected chi connectivity index (χ1v) is 8.47. The molecule has 2 aromatic rings. The second kappa shape index (κ2) is 6.24. The smallest absolute Gasteiger partial charge is 0.133 e. The number of nitrogens with one attached hydrogen (secondary N) is 1. The number of aryl methyl sites for hydroxylation is 1. The van der Waals surface area contributed by atoms with Gasteiger partial charge in [-0.15, -0.1) is 11.3 Å². The van der Waals surface area contributed by atoms with Gasteiger partial charge < -0.3 is 5.32 Å². The van der Waals surface area contributed by atoms with E-state index >= 15 is 0 Å². The maximum absolute atomic E-state index is 14.2. The Hall–Kier alpha value is -1.26. The Balaban J connectivity index is 1.90. The third kappa shape index (κ3) is 3.33. The van der Waals surface area contributed by atoms with Gasteiger partial charge in [0.2, 0.25) is 0 Å². The van der Waals surface area contributed by atoms with Crippen LogP contribution in [0.3, 0.4) is 0 Å². The first-order chi connectivity index (χ1) is 10.2. The van der Waals surface area contributed by atoms with E-state index in [1.165, 1.54) is 23.4 Å². The van der Waals surface area contributed by atoms with Crippen LogP contribution in [0.1, 0.15) is 48.2 Å². The minimum Gasteiger partial charge on any atom is -0.312 e. The van der Waals surface area contributed by atoms with E-state index in [4.69, 9.17) is 4.98 Å². The summed E-state index contributed by atoms with van der Waals surface area (Å²) in [7, 11) is 0. The molecule has 0 saturated heterocycles. The highest BCUT2D eigenvalue weighted by Gasteiger charge is 2.30. The number of hydrogen-bond acceptors (Lipinski definition) is 3. The Morgan fingerprint density at radius 2 is 2.19 bits per heavy atom. The molecule has 112 valence electrons. The molecule has 0 unspecified atom stereocenters. The van der Waals surface area contributed by atoms with Gasteiger partial charge in [0.1, 0.15) is 10.8 Å². The molecule has 0 aliphatic heterocycles. The minimum atomic E-state index is -0.167. The second-order valence-corrected chi connectivity index (χ2v) is 6.85. The number of rotatable bonds is 6. The molecule has 1 aromatic carbocycles. The van der Waals surface area contributed by atoms with Crippen molar-refractivity contribution < 1.29 is 4.39 Å². The average molecular weight is 304 g/mol. The molecule has 0 spiro atoms. The molecule has 1 aliphatic carbocycles. The number of thiazole rings is 1. The molecule has 1 aromatic heterocycles. The van der Waals surface area contributed by atoms with E-state index < -0.39 is 0 Å². The molecule has 4 heteroatoms. The summed E-state index contributed by atoms with van der Waals surface area (Å²) in [5.74, 6) is 0.432. The summed E-state index contributed by atoms with van der Waals surface area (Å²) < 4.78 is 14.2. The zero-order valence-electron chi connectivity index (χ0n) is 12.6. The normalized spacial score (nSPS) is 14.6. The molecule has 1 fully saturated rings. The summed E-state index contributed by atoms with van der Waals surface area (Å²) >= 11 is 1.64. The zero-order valence-corrected chi connectivity index (χ0v) is 13.4. The maximum atomic E-state index is 14.2. The fourth-order valence-electron chi connectivity index (χ4n) is 2.45. The van der Waals surface area contributed by atoms with Crippen molar-refractivity contribution in [3.05, 3.63) is 40.2 Å².